The Labute approximate surface area is 224 Å². The standard InChI is InChI=1S/C27H34F3NO6S/c1-15-7-6-8-18(27(28,29)30)9-10-20(16(2)11-19-14-38-22(13-32)31-19)37-23(34)12-21(33)26(4,5)25(36)17(3)24(15)35/h6-7,9,11,13-15,17,20-21,24,33,35H,8,10,12H2,1-5H3/b7-6+,16-11+,18-9+/t15?,17?,20?,21-,24?/m0/s1. The normalized spacial score (nSPS) is 30.7. The van der Waals surface area contributed by atoms with Crippen molar-refractivity contribution in [3.63, 3.8) is 0 Å². The molecule has 0 spiro atoms. The van der Waals surface area contributed by atoms with Crippen LogP contribution in [0.5, 0.6) is 0 Å². The summed E-state index contributed by atoms with van der Waals surface area (Å²) in [4.78, 5) is 40.9. The van der Waals surface area contributed by atoms with Crippen molar-refractivity contribution < 1.29 is 42.5 Å². The smallest absolute Gasteiger partial charge is 0.412 e. The van der Waals surface area contributed by atoms with Gasteiger partial charge >= 0.3 is 12.1 Å². The van der Waals surface area contributed by atoms with Crippen molar-refractivity contribution in [2.24, 2.45) is 17.3 Å². The molecule has 0 bridgehead atoms. The number of allylic oxidation sites excluding steroid dienone is 2. The Kier molecular flexibility index (Phi) is 10.8. The third-order valence-electron chi connectivity index (χ3n) is 6.81. The molecule has 0 aliphatic carbocycles. The van der Waals surface area contributed by atoms with Gasteiger partial charge in [0.2, 0.25) is 0 Å². The van der Waals surface area contributed by atoms with Gasteiger partial charge in [0.15, 0.2) is 11.3 Å². The average Bonchev–Trinajstić information content (AvgIpc) is 3.29. The van der Waals surface area contributed by atoms with E-state index in [1.54, 1.807) is 19.2 Å². The lowest BCUT2D eigenvalue weighted by molar-refractivity contribution is -0.154. The van der Waals surface area contributed by atoms with E-state index in [4.69, 9.17) is 4.74 Å². The number of hydrogen-bond acceptors (Lipinski definition) is 8. The molecule has 0 fully saturated rings. The zero-order valence-corrected chi connectivity index (χ0v) is 22.8. The van der Waals surface area contributed by atoms with Gasteiger partial charge in [-0.1, -0.05) is 45.9 Å². The molecular formula is C27H34F3NO6S. The first-order valence-electron chi connectivity index (χ1n) is 12.2. The van der Waals surface area contributed by atoms with Crippen LogP contribution in [0.25, 0.3) is 6.08 Å². The van der Waals surface area contributed by atoms with Gasteiger partial charge in [-0.05, 0) is 25.0 Å². The molecule has 0 amide bonds. The Balaban J connectivity index is 2.51. The fourth-order valence-corrected chi connectivity index (χ4v) is 4.72. The van der Waals surface area contributed by atoms with E-state index < -0.39 is 71.9 Å². The molecule has 7 nitrogen and oxygen atoms in total. The lowest BCUT2D eigenvalue weighted by Gasteiger charge is -2.34. The highest BCUT2D eigenvalue weighted by Crippen LogP contribution is 2.33. The van der Waals surface area contributed by atoms with Crippen LogP contribution in [0, 0.1) is 17.3 Å². The predicted octanol–water partition coefficient (Wildman–Crippen LogP) is 5.09. The number of halogens is 3. The zero-order chi connectivity index (χ0) is 28.8. The molecule has 0 aromatic carbocycles. The van der Waals surface area contributed by atoms with Crippen molar-refractivity contribution in [2.45, 2.75) is 78.4 Å². The third kappa shape index (κ3) is 8.18. The van der Waals surface area contributed by atoms with Crippen molar-refractivity contribution in [1.29, 1.82) is 0 Å². The van der Waals surface area contributed by atoms with Crippen LogP contribution in [-0.4, -0.2) is 57.7 Å². The van der Waals surface area contributed by atoms with Gasteiger partial charge in [-0.15, -0.1) is 11.3 Å². The number of alkyl halides is 3. The number of thiazole rings is 1. The summed E-state index contributed by atoms with van der Waals surface area (Å²) in [5, 5.41) is 23.2. The van der Waals surface area contributed by atoms with Crippen molar-refractivity contribution in [3.05, 3.63) is 45.5 Å². The van der Waals surface area contributed by atoms with Gasteiger partial charge in [-0.3, -0.25) is 14.4 Å². The summed E-state index contributed by atoms with van der Waals surface area (Å²) in [6, 6.07) is 0. The second-order valence-corrected chi connectivity index (χ2v) is 11.0. The number of aliphatic hydroxyl groups is 2. The van der Waals surface area contributed by atoms with Gasteiger partial charge in [0.1, 0.15) is 11.9 Å². The van der Waals surface area contributed by atoms with E-state index in [-0.39, 0.29) is 11.4 Å². The fraction of sp³-hybridized carbons (Fsp3) is 0.556. The van der Waals surface area contributed by atoms with Gasteiger partial charge in [-0.2, -0.15) is 13.2 Å². The van der Waals surface area contributed by atoms with Gasteiger partial charge < -0.3 is 14.9 Å². The molecule has 210 valence electrons. The molecule has 2 N–H and O–H groups in total. The van der Waals surface area contributed by atoms with Gasteiger partial charge in [-0.25, -0.2) is 4.98 Å². The van der Waals surface area contributed by atoms with E-state index in [0.717, 1.165) is 17.4 Å². The fourth-order valence-electron chi connectivity index (χ4n) is 4.14. The van der Waals surface area contributed by atoms with Crippen LogP contribution in [0.4, 0.5) is 13.2 Å². The zero-order valence-electron chi connectivity index (χ0n) is 22.0. The maximum Gasteiger partial charge on any atom is 0.412 e. The SMILES string of the molecule is C/C(=C\c1csc(C=O)n1)C1C/C=C(/C(F)(F)F)C/C=C/C(C)C(O)C(C)C(=O)C(C)(C)[C@@H](O)CC(=O)O1. The maximum absolute atomic E-state index is 13.8. The van der Waals surface area contributed by atoms with E-state index in [9.17, 15) is 37.8 Å². The molecule has 0 saturated heterocycles. The molecule has 1 aliphatic rings. The number of ketones is 1. The lowest BCUT2D eigenvalue weighted by atomic mass is 9.73. The number of ether oxygens (including phenoxy) is 1. The summed E-state index contributed by atoms with van der Waals surface area (Å²) in [6.07, 6.45) is -4.06. The Morgan fingerprint density at radius 3 is 2.47 bits per heavy atom. The van der Waals surface area contributed by atoms with Crippen molar-refractivity contribution in [3.8, 4) is 0 Å². The largest absolute Gasteiger partial charge is 0.457 e. The van der Waals surface area contributed by atoms with Crippen LogP contribution in [0.15, 0.2) is 34.8 Å². The minimum Gasteiger partial charge on any atom is -0.457 e. The molecule has 0 radical (unpaired) electrons. The van der Waals surface area contributed by atoms with Crippen LogP contribution in [0.1, 0.15) is 69.4 Å². The third-order valence-corrected chi connectivity index (χ3v) is 7.60. The number of aldehydes is 1. The number of hydrogen-bond donors (Lipinski definition) is 2. The van der Waals surface area contributed by atoms with Gasteiger partial charge in [0.05, 0.1) is 29.7 Å². The van der Waals surface area contributed by atoms with Crippen LogP contribution >= 0.6 is 11.3 Å². The van der Waals surface area contributed by atoms with Gasteiger partial charge in [0.25, 0.3) is 0 Å². The number of Topliss-reactive ketones (excluding diaryl/α,β-unsaturated/α-hetero) is 1. The number of cyclic esters (lactones) is 1. The number of nitrogens with zero attached hydrogens (tertiary/aromatic N) is 1. The molecule has 1 aromatic heterocycles. The molecular weight excluding hydrogens is 523 g/mol. The quantitative estimate of drug-likeness (QED) is 0.302. The number of carbonyl (C=O) groups excluding carboxylic acids is 3. The van der Waals surface area contributed by atoms with Crippen molar-refractivity contribution in [2.75, 3.05) is 0 Å². The topological polar surface area (TPSA) is 114 Å². The molecule has 2 heterocycles. The van der Waals surface area contributed by atoms with Crippen LogP contribution in [0.2, 0.25) is 0 Å². The van der Waals surface area contributed by atoms with E-state index in [1.165, 1.54) is 39.0 Å². The molecule has 38 heavy (non-hydrogen) atoms. The van der Waals surface area contributed by atoms with E-state index in [0.29, 0.717) is 17.6 Å². The van der Waals surface area contributed by atoms with E-state index >= 15 is 0 Å². The first-order valence-corrected chi connectivity index (χ1v) is 13.1. The van der Waals surface area contributed by atoms with Gasteiger partial charge in [0, 0.05) is 29.2 Å². The molecule has 4 unspecified atom stereocenters. The predicted molar refractivity (Wildman–Crippen MR) is 137 cm³/mol. The second-order valence-electron chi connectivity index (χ2n) is 10.1. The maximum atomic E-state index is 13.8. The Morgan fingerprint density at radius 2 is 1.89 bits per heavy atom. The average molecular weight is 558 g/mol. The summed E-state index contributed by atoms with van der Waals surface area (Å²) in [5.74, 6) is -2.98. The Morgan fingerprint density at radius 1 is 1.24 bits per heavy atom. The number of aromatic nitrogens is 1. The molecule has 1 aliphatic heterocycles. The number of aliphatic hydroxyl groups excluding tert-OH is 2. The minimum atomic E-state index is -4.65. The molecule has 5 atom stereocenters. The summed E-state index contributed by atoms with van der Waals surface area (Å²) >= 11 is 1.09. The molecule has 2 rings (SSSR count). The second kappa shape index (κ2) is 12.9. The highest BCUT2D eigenvalue weighted by atomic mass is 32.1. The Bertz CT molecular complexity index is 1100. The minimum absolute atomic E-state index is 0.216. The van der Waals surface area contributed by atoms with Crippen LogP contribution < -0.4 is 0 Å². The van der Waals surface area contributed by atoms with E-state index in [1.807, 2.05) is 0 Å². The van der Waals surface area contributed by atoms with Crippen LogP contribution in [0.3, 0.4) is 0 Å². The number of rotatable bonds is 3. The molecule has 0 saturated carbocycles. The number of esters is 1. The molecule has 1 aromatic rings. The first kappa shape index (κ1) is 31.6. The summed E-state index contributed by atoms with van der Waals surface area (Å²) in [5.41, 5.74) is -1.51. The van der Waals surface area contributed by atoms with Crippen molar-refractivity contribution in [1.82, 2.24) is 4.98 Å². The first-order chi connectivity index (χ1) is 17.6. The van der Waals surface area contributed by atoms with E-state index in [2.05, 4.69) is 4.98 Å². The molecule has 11 heteroatoms. The monoisotopic (exact) mass is 557 g/mol. The summed E-state index contributed by atoms with van der Waals surface area (Å²) in [6.45, 7) is 7.56. The lowest BCUT2D eigenvalue weighted by Crippen LogP contribution is -2.45. The summed E-state index contributed by atoms with van der Waals surface area (Å²) in [7, 11) is 0. The van der Waals surface area contributed by atoms with Crippen molar-refractivity contribution >= 4 is 35.5 Å². The Hall–Kier alpha value is -2.63. The van der Waals surface area contributed by atoms with Crippen LogP contribution in [-0.2, 0) is 14.3 Å². The highest BCUT2D eigenvalue weighted by molar-refractivity contribution is 7.11. The highest BCUT2D eigenvalue weighted by Gasteiger charge is 2.42. The summed E-state index contributed by atoms with van der Waals surface area (Å²) < 4.78 is 46.8. The number of carbonyl (C=O) groups is 3.